The van der Waals surface area contributed by atoms with Crippen LogP contribution in [-0.2, 0) is 4.74 Å². The van der Waals surface area contributed by atoms with Crippen LogP contribution in [0.1, 0.15) is 39.4 Å². The molecular weight excluding hydrogens is 388 g/mol. The molecule has 0 spiro atoms. The van der Waals surface area contributed by atoms with Crippen LogP contribution in [-0.4, -0.2) is 18.5 Å². The summed E-state index contributed by atoms with van der Waals surface area (Å²) in [5.41, 5.74) is 3.37. The zero-order valence-corrected chi connectivity index (χ0v) is 16.5. The van der Waals surface area contributed by atoms with Crippen molar-refractivity contribution in [2.75, 3.05) is 16.8 Å². The third-order valence-corrected chi connectivity index (χ3v) is 5.02. The predicted octanol–water partition coefficient (Wildman–Crippen LogP) is 5.29. The van der Waals surface area contributed by atoms with Gasteiger partial charge >= 0.3 is 5.97 Å². The number of amides is 1. The van der Waals surface area contributed by atoms with E-state index in [0.29, 0.717) is 28.4 Å². The lowest BCUT2D eigenvalue weighted by Crippen LogP contribution is -2.43. The Balaban J connectivity index is 1.76. The normalized spacial score (nSPS) is 15.4. The van der Waals surface area contributed by atoms with E-state index in [1.807, 2.05) is 30.3 Å². The first kappa shape index (κ1) is 19.0. The van der Waals surface area contributed by atoms with Crippen molar-refractivity contribution < 1.29 is 14.3 Å². The van der Waals surface area contributed by atoms with Crippen molar-refractivity contribution in [2.24, 2.45) is 0 Å². The summed E-state index contributed by atoms with van der Waals surface area (Å²) >= 11 is 6.04. The molecule has 1 amide bonds. The zero-order valence-electron chi connectivity index (χ0n) is 15.8. The number of nitrogens with one attached hydrogen (secondary N) is 1. The Kier molecular flexibility index (Phi) is 5.23. The van der Waals surface area contributed by atoms with Crippen LogP contribution in [0.3, 0.4) is 0 Å². The Hall–Kier alpha value is -3.31. The van der Waals surface area contributed by atoms with Gasteiger partial charge < -0.3 is 10.1 Å². The van der Waals surface area contributed by atoms with E-state index in [0.717, 1.165) is 11.3 Å². The first-order valence-corrected chi connectivity index (χ1v) is 9.68. The van der Waals surface area contributed by atoms with Gasteiger partial charge in [-0.3, -0.25) is 9.69 Å². The number of halogens is 1. The van der Waals surface area contributed by atoms with E-state index in [2.05, 4.69) is 5.32 Å². The second-order valence-electron chi connectivity index (χ2n) is 6.59. The van der Waals surface area contributed by atoms with E-state index >= 15 is 0 Å². The molecule has 1 aliphatic heterocycles. The van der Waals surface area contributed by atoms with Gasteiger partial charge in [-0.25, -0.2) is 4.79 Å². The molecule has 1 atom stereocenters. The predicted molar refractivity (Wildman–Crippen MR) is 113 cm³/mol. The summed E-state index contributed by atoms with van der Waals surface area (Å²) in [4.78, 5) is 27.0. The molecule has 0 fully saturated rings. The quantitative estimate of drug-likeness (QED) is 0.598. The fourth-order valence-corrected chi connectivity index (χ4v) is 3.50. The van der Waals surface area contributed by atoms with E-state index in [1.54, 1.807) is 54.3 Å². The van der Waals surface area contributed by atoms with Gasteiger partial charge in [0.1, 0.15) is 6.17 Å². The highest BCUT2D eigenvalue weighted by atomic mass is 35.5. The minimum Gasteiger partial charge on any atom is -0.462 e. The minimum atomic E-state index is -0.414. The van der Waals surface area contributed by atoms with E-state index in [-0.39, 0.29) is 11.9 Å². The van der Waals surface area contributed by atoms with Crippen LogP contribution < -0.4 is 10.2 Å². The van der Waals surface area contributed by atoms with Crippen molar-refractivity contribution in [3.8, 4) is 0 Å². The Bertz CT molecular complexity index is 1050. The van der Waals surface area contributed by atoms with E-state index < -0.39 is 6.17 Å². The van der Waals surface area contributed by atoms with Gasteiger partial charge in [0, 0.05) is 16.4 Å². The number of hydrogen-bond donors (Lipinski definition) is 1. The molecular formula is C23H19ClN2O3. The molecule has 0 unspecified atom stereocenters. The number of para-hydroxylation sites is 1. The summed E-state index contributed by atoms with van der Waals surface area (Å²) in [6.07, 6.45) is -0.414. The zero-order chi connectivity index (χ0) is 20.4. The number of ether oxygens (including phenoxy) is 1. The molecule has 0 saturated heterocycles. The maximum Gasteiger partial charge on any atom is 0.338 e. The van der Waals surface area contributed by atoms with Gasteiger partial charge in [-0.2, -0.15) is 0 Å². The van der Waals surface area contributed by atoms with Crippen molar-refractivity contribution in [3.05, 3.63) is 94.5 Å². The Morgan fingerprint density at radius 2 is 1.72 bits per heavy atom. The highest BCUT2D eigenvalue weighted by molar-refractivity contribution is 6.30. The molecule has 146 valence electrons. The summed E-state index contributed by atoms with van der Waals surface area (Å²) in [5, 5.41) is 4.07. The molecule has 5 nitrogen and oxygen atoms in total. The Morgan fingerprint density at radius 1 is 1.03 bits per heavy atom. The Morgan fingerprint density at radius 3 is 2.41 bits per heavy atom. The SMILES string of the molecule is CCOC(=O)c1ccc(N2C(=O)c3ccccc3N[C@@H]2c2ccc(Cl)cc2)cc1. The van der Waals surface area contributed by atoms with Crippen LogP contribution in [0.15, 0.2) is 72.8 Å². The molecule has 1 N–H and O–H groups in total. The third-order valence-electron chi connectivity index (χ3n) is 4.77. The molecule has 0 aromatic heterocycles. The maximum absolute atomic E-state index is 13.4. The monoisotopic (exact) mass is 406 g/mol. The lowest BCUT2D eigenvalue weighted by atomic mass is 10.0. The number of carbonyl (C=O) groups excluding carboxylic acids is 2. The molecule has 3 aromatic carbocycles. The first-order valence-electron chi connectivity index (χ1n) is 9.30. The molecule has 0 radical (unpaired) electrons. The summed E-state index contributed by atoms with van der Waals surface area (Å²) in [7, 11) is 0. The lowest BCUT2D eigenvalue weighted by molar-refractivity contribution is 0.0526. The third kappa shape index (κ3) is 3.69. The molecule has 4 rings (SSSR count). The largest absolute Gasteiger partial charge is 0.462 e. The smallest absolute Gasteiger partial charge is 0.338 e. The van der Waals surface area contributed by atoms with Gasteiger partial charge in [-0.1, -0.05) is 35.9 Å². The number of hydrogen-bond acceptors (Lipinski definition) is 4. The second-order valence-corrected chi connectivity index (χ2v) is 7.02. The first-order chi connectivity index (χ1) is 14.1. The highest BCUT2D eigenvalue weighted by Gasteiger charge is 2.34. The van der Waals surface area contributed by atoms with Gasteiger partial charge in [0.15, 0.2) is 0 Å². The second kappa shape index (κ2) is 7.97. The maximum atomic E-state index is 13.4. The van der Waals surface area contributed by atoms with Crippen molar-refractivity contribution >= 4 is 34.9 Å². The van der Waals surface area contributed by atoms with Crippen LogP contribution >= 0.6 is 11.6 Å². The fraction of sp³-hybridized carbons (Fsp3) is 0.130. The van der Waals surface area contributed by atoms with Crippen molar-refractivity contribution in [1.82, 2.24) is 0 Å². The van der Waals surface area contributed by atoms with Gasteiger partial charge in [-0.05, 0) is 61.0 Å². The summed E-state index contributed by atoms with van der Waals surface area (Å²) < 4.78 is 5.04. The molecule has 29 heavy (non-hydrogen) atoms. The lowest BCUT2D eigenvalue weighted by Gasteiger charge is -2.38. The molecule has 0 saturated carbocycles. The number of carbonyl (C=O) groups is 2. The van der Waals surface area contributed by atoms with Crippen LogP contribution in [0.4, 0.5) is 11.4 Å². The molecule has 3 aromatic rings. The number of anilines is 2. The molecule has 1 heterocycles. The molecule has 1 aliphatic rings. The van der Waals surface area contributed by atoms with E-state index in [9.17, 15) is 9.59 Å². The molecule has 6 heteroatoms. The van der Waals surface area contributed by atoms with Crippen LogP contribution in [0.25, 0.3) is 0 Å². The average molecular weight is 407 g/mol. The number of rotatable bonds is 4. The number of fused-ring (bicyclic) bond motifs is 1. The van der Waals surface area contributed by atoms with Crippen molar-refractivity contribution in [3.63, 3.8) is 0 Å². The fourth-order valence-electron chi connectivity index (χ4n) is 3.37. The van der Waals surface area contributed by atoms with Crippen LogP contribution in [0.5, 0.6) is 0 Å². The standard InChI is InChI=1S/C23H19ClN2O3/c1-2-29-23(28)16-9-13-18(14-10-16)26-21(15-7-11-17(24)12-8-15)25-20-6-4-3-5-19(20)22(26)27/h3-14,21,25H,2H2,1H3/t21-/m0/s1. The van der Waals surface area contributed by atoms with Crippen molar-refractivity contribution in [2.45, 2.75) is 13.1 Å². The van der Waals surface area contributed by atoms with E-state index in [1.165, 1.54) is 0 Å². The Labute approximate surface area is 173 Å². The van der Waals surface area contributed by atoms with Gasteiger partial charge in [0.2, 0.25) is 0 Å². The van der Waals surface area contributed by atoms with Crippen LogP contribution in [0, 0.1) is 0 Å². The highest BCUT2D eigenvalue weighted by Crippen LogP contribution is 2.36. The number of nitrogens with zero attached hydrogens (tertiary/aromatic N) is 1. The van der Waals surface area contributed by atoms with E-state index in [4.69, 9.17) is 16.3 Å². The average Bonchev–Trinajstić information content (AvgIpc) is 2.75. The summed E-state index contributed by atoms with van der Waals surface area (Å²) in [5.74, 6) is -0.509. The van der Waals surface area contributed by atoms with Gasteiger partial charge in [-0.15, -0.1) is 0 Å². The summed E-state index contributed by atoms with van der Waals surface area (Å²) in [6.45, 7) is 2.07. The number of benzene rings is 3. The summed E-state index contributed by atoms with van der Waals surface area (Å²) in [6, 6.07) is 21.6. The van der Waals surface area contributed by atoms with Gasteiger partial charge in [0.05, 0.1) is 17.7 Å². The number of esters is 1. The molecule has 0 aliphatic carbocycles. The van der Waals surface area contributed by atoms with Gasteiger partial charge in [0.25, 0.3) is 5.91 Å². The van der Waals surface area contributed by atoms with Crippen molar-refractivity contribution in [1.29, 1.82) is 0 Å². The topological polar surface area (TPSA) is 58.6 Å². The minimum absolute atomic E-state index is 0.122. The van der Waals surface area contributed by atoms with Crippen LogP contribution in [0.2, 0.25) is 5.02 Å². The molecule has 0 bridgehead atoms.